The fraction of sp³-hybridized carbons (Fsp3) is 0.286. The minimum atomic E-state index is 0.447. The zero-order chi connectivity index (χ0) is 14.1. The normalized spacial score (nSPS) is 14.8. The molecule has 2 N–H and O–H groups in total. The number of aromatic nitrogens is 2. The number of hydrogen-bond donors (Lipinski definition) is 1. The van der Waals surface area contributed by atoms with E-state index in [-0.39, 0.29) is 0 Å². The molecule has 4 nitrogen and oxygen atoms in total. The van der Waals surface area contributed by atoms with Crippen LogP contribution >= 0.6 is 23.2 Å². The topological polar surface area (TPSA) is 55.0 Å². The lowest BCUT2D eigenvalue weighted by atomic mass is 10.1. The lowest BCUT2D eigenvalue weighted by Crippen LogP contribution is -2.21. The Morgan fingerprint density at radius 3 is 2.50 bits per heavy atom. The number of nitrogens with two attached hydrogens (primary N) is 1. The molecule has 1 aliphatic rings. The van der Waals surface area contributed by atoms with Crippen molar-refractivity contribution < 1.29 is 0 Å². The molecule has 6 heteroatoms. The number of nitrogen functional groups attached to an aromatic ring is 1. The summed E-state index contributed by atoms with van der Waals surface area (Å²) in [5, 5.41) is 1.16. The number of anilines is 2. The SMILES string of the molecule is Nc1cc(-c2ccc(Cl)cc2Cl)nc(N2CCCC2)n1. The molecule has 1 saturated heterocycles. The van der Waals surface area contributed by atoms with Gasteiger partial charge in [0.15, 0.2) is 0 Å². The van der Waals surface area contributed by atoms with Gasteiger partial charge in [-0.05, 0) is 31.0 Å². The standard InChI is InChI=1S/C14H14Cl2N4/c15-9-3-4-10(11(16)7-9)12-8-13(17)19-14(18-12)20-5-1-2-6-20/h3-4,7-8H,1-2,5-6H2,(H2,17,18,19). The minimum Gasteiger partial charge on any atom is -0.384 e. The van der Waals surface area contributed by atoms with E-state index in [1.807, 2.05) is 6.07 Å². The lowest BCUT2D eigenvalue weighted by molar-refractivity contribution is 0.902. The Bertz CT molecular complexity index is 639. The van der Waals surface area contributed by atoms with Crippen LogP contribution < -0.4 is 10.6 Å². The zero-order valence-electron chi connectivity index (χ0n) is 10.8. The smallest absolute Gasteiger partial charge is 0.227 e. The van der Waals surface area contributed by atoms with Crippen molar-refractivity contribution in [3.05, 3.63) is 34.3 Å². The van der Waals surface area contributed by atoms with Crippen molar-refractivity contribution in [1.82, 2.24) is 9.97 Å². The summed E-state index contributed by atoms with van der Waals surface area (Å²) in [5.74, 6) is 1.12. The molecule has 2 aromatic rings. The van der Waals surface area contributed by atoms with Crippen LogP contribution in [0.3, 0.4) is 0 Å². The maximum atomic E-state index is 6.23. The van der Waals surface area contributed by atoms with Crippen molar-refractivity contribution in [2.75, 3.05) is 23.7 Å². The monoisotopic (exact) mass is 308 g/mol. The third-order valence-corrected chi connectivity index (χ3v) is 3.88. The predicted octanol–water partition coefficient (Wildman–Crippen LogP) is 3.63. The van der Waals surface area contributed by atoms with E-state index in [9.17, 15) is 0 Å². The summed E-state index contributed by atoms with van der Waals surface area (Å²) >= 11 is 12.1. The van der Waals surface area contributed by atoms with Crippen molar-refractivity contribution in [3.8, 4) is 11.3 Å². The molecular formula is C14H14Cl2N4. The molecule has 0 spiro atoms. The van der Waals surface area contributed by atoms with Gasteiger partial charge in [0.1, 0.15) is 5.82 Å². The Morgan fingerprint density at radius 2 is 1.80 bits per heavy atom. The third-order valence-electron chi connectivity index (χ3n) is 3.33. The molecule has 1 fully saturated rings. The van der Waals surface area contributed by atoms with Crippen LogP contribution in [0.5, 0.6) is 0 Å². The fourth-order valence-corrected chi connectivity index (χ4v) is 2.85. The van der Waals surface area contributed by atoms with Gasteiger partial charge in [-0.2, -0.15) is 4.98 Å². The van der Waals surface area contributed by atoms with Crippen LogP contribution in [0.2, 0.25) is 10.0 Å². The predicted molar refractivity (Wildman–Crippen MR) is 83.3 cm³/mol. The molecule has 0 atom stereocenters. The van der Waals surface area contributed by atoms with Gasteiger partial charge in [-0.25, -0.2) is 4.98 Å². The lowest BCUT2D eigenvalue weighted by Gasteiger charge is -2.16. The molecule has 0 aliphatic carbocycles. The van der Waals surface area contributed by atoms with Gasteiger partial charge in [0.05, 0.1) is 10.7 Å². The van der Waals surface area contributed by atoms with E-state index in [0.717, 1.165) is 37.2 Å². The first-order valence-corrected chi connectivity index (χ1v) is 7.24. The number of hydrogen-bond acceptors (Lipinski definition) is 4. The molecule has 0 bridgehead atoms. The summed E-state index contributed by atoms with van der Waals surface area (Å²) in [6.45, 7) is 1.94. The van der Waals surface area contributed by atoms with Gasteiger partial charge in [-0.1, -0.05) is 23.2 Å². The van der Waals surface area contributed by atoms with Crippen molar-refractivity contribution in [2.24, 2.45) is 0 Å². The third kappa shape index (κ3) is 2.67. The van der Waals surface area contributed by atoms with E-state index in [2.05, 4.69) is 14.9 Å². The Hall–Kier alpha value is -1.52. The van der Waals surface area contributed by atoms with Gasteiger partial charge in [0.2, 0.25) is 5.95 Å². The van der Waals surface area contributed by atoms with Crippen molar-refractivity contribution in [2.45, 2.75) is 12.8 Å². The molecule has 0 radical (unpaired) electrons. The second kappa shape index (κ2) is 5.46. The summed E-state index contributed by atoms with van der Waals surface area (Å²) in [4.78, 5) is 11.0. The van der Waals surface area contributed by atoms with Gasteiger partial charge in [-0.3, -0.25) is 0 Å². The highest BCUT2D eigenvalue weighted by Crippen LogP contribution is 2.31. The highest BCUT2D eigenvalue weighted by atomic mass is 35.5. The Kier molecular flexibility index (Phi) is 3.68. The average molecular weight is 309 g/mol. The number of rotatable bonds is 2. The first-order chi connectivity index (χ1) is 9.63. The van der Waals surface area contributed by atoms with Crippen LogP contribution in [-0.4, -0.2) is 23.1 Å². The molecule has 1 aromatic carbocycles. The number of halogens is 2. The molecule has 1 aromatic heterocycles. The van der Waals surface area contributed by atoms with Gasteiger partial charge in [0.25, 0.3) is 0 Å². The summed E-state index contributed by atoms with van der Waals surface area (Å²) in [7, 11) is 0. The van der Waals surface area contributed by atoms with E-state index in [4.69, 9.17) is 28.9 Å². The molecule has 2 heterocycles. The maximum absolute atomic E-state index is 6.23. The number of benzene rings is 1. The van der Waals surface area contributed by atoms with E-state index in [1.165, 1.54) is 0 Å². The van der Waals surface area contributed by atoms with Crippen LogP contribution in [0, 0.1) is 0 Å². The zero-order valence-corrected chi connectivity index (χ0v) is 12.3. The van der Waals surface area contributed by atoms with E-state index >= 15 is 0 Å². The summed E-state index contributed by atoms with van der Waals surface area (Å²) in [6.07, 6.45) is 2.32. The van der Waals surface area contributed by atoms with Crippen LogP contribution in [0.4, 0.5) is 11.8 Å². The quantitative estimate of drug-likeness (QED) is 0.920. The van der Waals surface area contributed by atoms with E-state index in [1.54, 1.807) is 18.2 Å². The minimum absolute atomic E-state index is 0.447. The largest absolute Gasteiger partial charge is 0.384 e. The summed E-state index contributed by atoms with van der Waals surface area (Å²) in [5.41, 5.74) is 7.43. The van der Waals surface area contributed by atoms with Crippen molar-refractivity contribution in [3.63, 3.8) is 0 Å². The van der Waals surface area contributed by atoms with Gasteiger partial charge in [0, 0.05) is 29.7 Å². The maximum Gasteiger partial charge on any atom is 0.227 e. The highest BCUT2D eigenvalue weighted by molar-refractivity contribution is 6.36. The highest BCUT2D eigenvalue weighted by Gasteiger charge is 2.17. The van der Waals surface area contributed by atoms with Gasteiger partial charge >= 0.3 is 0 Å². The fourth-order valence-electron chi connectivity index (χ4n) is 2.35. The molecule has 20 heavy (non-hydrogen) atoms. The Balaban J connectivity index is 2.04. The van der Waals surface area contributed by atoms with Crippen LogP contribution in [-0.2, 0) is 0 Å². The molecule has 3 rings (SSSR count). The van der Waals surface area contributed by atoms with Crippen LogP contribution in [0.25, 0.3) is 11.3 Å². The Morgan fingerprint density at radius 1 is 1.05 bits per heavy atom. The van der Waals surface area contributed by atoms with E-state index < -0.39 is 0 Å². The molecule has 104 valence electrons. The molecule has 0 saturated carbocycles. The second-order valence-corrected chi connectivity index (χ2v) is 5.64. The van der Waals surface area contributed by atoms with Gasteiger partial charge < -0.3 is 10.6 Å². The van der Waals surface area contributed by atoms with Crippen LogP contribution in [0.15, 0.2) is 24.3 Å². The molecule has 1 aliphatic heterocycles. The van der Waals surface area contributed by atoms with Crippen molar-refractivity contribution in [1.29, 1.82) is 0 Å². The van der Waals surface area contributed by atoms with Crippen LogP contribution in [0.1, 0.15) is 12.8 Å². The summed E-state index contributed by atoms with van der Waals surface area (Å²) in [6, 6.07) is 7.07. The summed E-state index contributed by atoms with van der Waals surface area (Å²) < 4.78 is 0. The molecule has 0 unspecified atom stereocenters. The second-order valence-electron chi connectivity index (χ2n) is 4.80. The Labute approximate surface area is 127 Å². The molecular weight excluding hydrogens is 295 g/mol. The number of nitrogens with zero attached hydrogens (tertiary/aromatic N) is 3. The van der Waals surface area contributed by atoms with Crippen molar-refractivity contribution >= 4 is 35.0 Å². The average Bonchev–Trinajstić information content (AvgIpc) is 2.91. The first-order valence-electron chi connectivity index (χ1n) is 6.48. The molecule has 0 amide bonds. The van der Waals surface area contributed by atoms with E-state index in [0.29, 0.717) is 21.8 Å². The first kappa shape index (κ1) is 13.5. The van der Waals surface area contributed by atoms with Gasteiger partial charge in [-0.15, -0.1) is 0 Å².